The minimum absolute atomic E-state index is 0.0640. The molecule has 2 N–H and O–H groups in total. The smallest absolute Gasteiger partial charge is 0.408 e. The SMILES string of the molecule is CCCCCN(C(=O)C(CS)NC(=O)OC(C)(C)C)C(C(=O)NCc1ccccc1)c1cccc(C)c1. The van der Waals surface area contributed by atoms with Crippen molar-refractivity contribution >= 4 is 30.5 Å². The standard InChI is InChI=1S/C29H41N3O4S/c1-6-7-11-17-32(27(34)24(20-37)31-28(35)36-29(3,4)5)25(23-16-12-13-21(2)18-23)26(33)30-19-22-14-9-8-10-15-22/h8-10,12-16,18,24-25,37H,6-7,11,17,19-20H2,1-5H3,(H,30,33)(H,31,35). The Hall–Kier alpha value is -3.00. The molecule has 0 aliphatic carbocycles. The predicted octanol–water partition coefficient (Wildman–Crippen LogP) is 5.19. The maximum absolute atomic E-state index is 13.9. The molecule has 3 amide bonds. The first-order chi connectivity index (χ1) is 17.6. The van der Waals surface area contributed by atoms with Crippen LogP contribution in [0.4, 0.5) is 4.79 Å². The summed E-state index contributed by atoms with van der Waals surface area (Å²) in [4.78, 5) is 41.6. The molecule has 0 heterocycles. The van der Waals surface area contributed by atoms with Gasteiger partial charge in [-0.1, -0.05) is 79.9 Å². The Kier molecular flexibility index (Phi) is 12.0. The number of unbranched alkanes of at least 4 members (excludes halogenated alkanes) is 2. The molecular weight excluding hydrogens is 486 g/mol. The van der Waals surface area contributed by atoms with Crippen LogP contribution in [0.25, 0.3) is 0 Å². The summed E-state index contributed by atoms with van der Waals surface area (Å²) in [6.45, 7) is 10.0. The zero-order valence-corrected chi connectivity index (χ0v) is 23.5. The number of nitrogens with zero attached hydrogens (tertiary/aromatic N) is 1. The van der Waals surface area contributed by atoms with E-state index in [-0.39, 0.29) is 17.6 Å². The minimum atomic E-state index is -0.950. The highest BCUT2D eigenvalue weighted by Crippen LogP contribution is 2.25. The molecule has 0 aliphatic rings. The van der Waals surface area contributed by atoms with Crippen LogP contribution in [0.15, 0.2) is 54.6 Å². The van der Waals surface area contributed by atoms with Crippen molar-refractivity contribution in [2.75, 3.05) is 12.3 Å². The van der Waals surface area contributed by atoms with E-state index in [0.717, 1.165) is 30.4 Å². The van der Waals surface area contributed by atoms with Crippen molar-refractivity contribution in [1.82, 2.24) is 15.5 Å². The van der Waals surface area contributed by atoms with Gasteiger partial charge in [-0.05, 0) is 45.2 Å². The van der Waals surface area contributed by atoms with Crippen LogP contribution in [0.3, 0.4) is 0 Å². The molecule has 37 heavy (non-hydrogen) atoms. The Bertz CT molecular complexity index is 1020. The summed E-state index contributed by atoms with van der Waals surface area (Å²) in [6, 6.07) is 15.4. The monoisotopic (exact) mass is 527 g/mol. The lowest BCUT2D eigenvalue weighted by atomic mass is 10.00. The molecule has 0 saturated carbocycles. The number of ether oxygens (including phenoxy) is 1. The molecule has 0 fully saturated rings. The first-order valence-electron chi connectivity index (χ1n) is 12.8. The summed E-state index contributed by atoms with van der Waals surface area (Å²) in [5.74, 6) is -0.595. The van der Waals surface area contributed by atoms with Gasteiger partial charge in [0.15, 0.2) is 0 Å². The maximum atomic E-state index is 13.9. The average Bonchev–Trinajstić information content (AvgIpc) is 2.84. The number of hydrogen-bond acceptors (Lipinski definition) is 5. The predicted molar refractivity (Wildman–Crippen MR) is 150 cm³/mol. The van der Waals surface area contributed by atoms with Gasteiger partial charge in [0.25, 0.3) is 0 Å². The van der Waals surface area contributed by atoms with E-state index in [1.165, 1.54) is 0 Å². The van der Waals surface area contributed by atoms with Gasteiger partial charge in [-0.2, -0.15) is 12.6 Å². The van der Waals surface area contributed by atoms with Crippen molar-refractivity contribution in [1.29, 1.82) is 0 Å². The number of carbonyl (C=O) groups is 3. The number of aryl methyl sites for hydroxylation is 1. The van der Waals surface area contributed by atoms with Crippen LogP contribution in [0.1, 0.15) is 69.7 Å². The molecule has 2 aromatic carbocycles. The molecule has 2 atom stereocenters. The van der Waals surface area contributed by atoms with E-state index >= 15 is 0 Å². The van der Waals surface area contributed by atoms with Gasteiger partial charge in [0.2, 0.25) is 11.8 Å². The molecular formula is C29H41N3O4S. The van der Waals surface area contributed by atoms with Gasteiger partial charge in [0.1, 0.15) is 17.7 Å². The van der Waals surface area contributed by atoms with Crippen LogP contribution < -0.4 is 10.6 Å². The van der Waals surface area contributed by atoms with Crippen LogP contribution in [0.2, 0.25) is 0 Å². The third-order valence-corrected chi connectivity index (χ3v) is 6.05. The molecule has 2 rings (SSSR count). The number of carbonyl (C=O) groups excluding carboxylic acids is 3. The third-order valence-electron chi connectivity index (χ3n) is 5.68. The number of rotatable bonds is 12. The third kappa shape index (κ3) is 10.1. The van der Waals surface area contributed by atoms with E-state index in [1.807, 2.05) is 61.5 Å². The summed E-state index contributed by atoms with van der Waals surface area (Å²) in [5.41, 5.74) is 1.95. The van der Waals surface area contributed by atoms with Crippen LogP contribution in [-0.4, -0.2) is 46.7 Å². The summed E-state index contributed by atoms with van der Waals surface area (Å²) in [7, 11) is 0. The number of benzene rings is 2. The summed E-state index contributed by atoms with van der Waals surface area (Å²) in [6.07, 6.45) is 1.89. The fourth-order valence-corrected chi connectivity index (χ4v) is 4.18. The van der Waals surface area contributed by atoms with E-state index in [4.69, 9.17) is 4.74 Å². The Morgan fingerprint density at radius 3 is 2.32 bits per heavy atom. The topological polar surface area (TPSA) is 87.7 Å². The van der Waals surface area contributed by atoms with Gasteiger partial charge in [0.05, 0.1) is 0 Å². The van der Waals surface area contributed by atoms with Crippen molar-refractivity contribution in [2.45, 2.75) is 78.1 Å². The minimum Gasteiger partial charge on any atom is -0.444 e. The highest BCUT2D eigenvalue weighted by molar-refractivity contribution is 7.80. The van der Waals surface area contributed by atoms with Gasteiger partial charge in [-0.3, -0.25) is 9.59 Å². The summed E-state index contributed by atoms with van der Waals surface area (Å²) >= 11 is 4.34. The Labute approximate surface area is 226 Å². The largest absolute Gasteiger partial charge is 0.444 e. The van der Waals surface area contributed by atoms with E-state index in [2.05, 4.69) is 30.2 Å². The first-order valence-corrected chi connectivity index (χ1v) is 13.5. The molecule has 0 aliphatic heterocycles. The van der Waals surface area contributed by atoms with Gasteiger partial charge in [-0.25, -0.2) is 4.79 Å². The van der Waals surface area contributed by atoms with Gasteiger partial charge < -0.3 is 20.3 Å². The molecule has 8 heteroatoms. The molecule has 7 nitrogen and oxygen atoms in total. The van der Waals surface area contributed by atoms with Gasteiger partial charge in [-0.15, -0.1) is 0 Å². The molecule has 0 radical (unpaired) electrons. The highest BCUT2D eigenvalue weighted by Gasteiger charge is 2.35. The van der Waals surface area contributed by atoms with E-state index in [9.17, 15) is 14.4 Å². The van der Waals surface area contributed by atoms with Crippen LogP contribution >= 0.6 is 12.6 Å². The lowest BCUT2D eigenvalue weighted by Crippen LogP contribution is -2.54. The number of nitrogens with one attached hydrogen (secondary N) is 2. The van der Waals surface area contributed by atoms with E-state index in [0.29, 0.717) is 18.7 Å². The lowest BCUT2D eigenvalue weighted by Gasteiger charge is -2.34. The summed E-state index contributed by atoms with van der Waals surface area (Å²) < 4.78 is 5.36. The molecule has 0 saturated heterocycles. The zero-order valence-electron chi connectivity index (χ0n) is 22.6. The van der Waals surface area contributed by atoms with E-state index < -0.39 is 23.8 Å². The van der Waals surface area contributed by atoms with Crippen LogP contribution in [0, 0.1) is 6.92 Å². The quantitative estimate of drug-likeness (QED) is 0.262. The zero-order chi connectivity index (χ0) is 27.4. The van der Waals surface area contributed by atoms with Crippen LogP contribution in [-0.2, 0) is 20.9 Å². The first kappa shape index (κ1) is 30.2. The number of thiol groups is 1. The Balaban J connectivity index is 2.40. The van der Waals surface area contributed by atoms with Crippen LogP contribution in [0.5, 0.6) is 0 Å². The van der Waals surface area contributed by atoms with Crippen molar-refractivity contribution in [2.24, 2.45) is 0 Å². The fraction of sp³-hybridized carbons (Fsp3) is 0.483. The molecule has 2 unspecified atom stereocenters. The Morgan fingerprint density at radius 2 is 1.73 bits per heavy atom. The van der Waals surface area contributed by atoms with Crippen molar-refractivity contribution < 1.29 is 19.1 Å². The van der Waals surface area contributed by atoms with Crippen molar-refractivity contribution in [3.63, 3.8) is 0 Å². The van der Waals surface area contributed by atoms with Gasteiger partial charge in [0, 0.05) is 18.8 Å². The fourth-order valence-electron chi connectivity index (χ4n) is 3.93. The lowest BCUT2D eigenvalue weighted by molar-refractivity contribution is -0.142. The average molecular weight is 528 g/mol. The van der Waals surface area contributed by atoms with Crippen molar-refractivity contribution in [3.05, 3.63) is 71.3 Å². The molecule has 0 spiro atoms. The second-order valence-corrected chi connectivity index (χ2v) is 10.5. The molecule has 202 valence electrons. The van der Waals surface area contributed by atoms with Gasteiger partial charge >= 0.3 is 6.09 Å². The van der Waals surface area contributed by atoms with E-state index in [1.54, 1.807) is 25.7 Å². The summed E-state index contributed by atoms with van der Waals surface area (Å²) in [5, 5.41) is 5.66. The molecule has 0 bridgehead atoms. The second kappa shape index (κ2) is 14.7. The number of alkyl carbamates (subject to hydrolysis) is 1. The number of amides is 3. The number of hydrogen-bond donors (Lipinski definition) is 3. The Morgan fingerprint density at radius 1 is 1.03 bits per heavy atom. The maximum Gasteiger partial charge on any atom is 0.408 e. The second-order valence-electron chi connectivity index (χ2n) is 10.1. The van der Waals surface area contributed by atoms with Crippen molar-refractivity contribution in [3.8, 4) is 0 Å². The molecule has 2 aromatic rings. The normalized spacial score (nSPS) is 12.8. The highest BCUT2D eigenvalue weighted by atomic mass is 32.1. The molecule has 0 aromatic heterocycles.